The molecule has 124 valence electrons. The van der Waals surface area contributed by atoms with Crippen molar-refractivity contribution < 1.29 is 26.9 Å². The normalized spacial score (nSPS) is 12.5. The van der Waals surface area contributed by atoms with E-state index in [0.29, 0.717) is 11.4 Å². The number of para-hydroxylation sites is 2. The van der Waals surface area contributed by atoms with Crippen molar-refractivity contribution in [3.05, 3.63) is 48.5 Å². The number of phenols is 1. The van der Waals surface area contributed by atoms with Gasteiger partial charge in [0.15, 0.2) is 0 Å². The van der Waals surface area contributed by atoms with Gasteiger partial charge in [0.05, 0.1) is 5.69 Å². The van der Waals surface area contributed by atoms with E-state index in [1.807, 2.05) is 0 Å². The number of nitrogens with two attached hydrogens (primary N) is 1. The number of hydrogen-bond donors (Lipinski definition) is 5. The zero-order valence-electron chi connectivity index (χ0n) is 12.2. The van der Waals surface area contributed by atoms with E-state index in [0.717, 1.165) is 0 Å². The fourth-order valence-corrected chi connectivity index (χ4v) is 2.77. The van der Waals surface area contributed by atoms with E-state index in [2.05, 4.69) is 9.19 Å². The summed E-state index contributed by atoms with van der Waals surface area (Å²) in [4.78, 5) is 10.7. The second-order valence-corrected chi connectivity index (χ2v) is 8.00. The molecule has 0 aromatic heterocycles. The third kappa shape index (κ3) is 6.17. The maximum Gasteiger partial charge on any atom is 0.138 e. The smallest absolute Gasteiger partial charge is 0.138 e. The van der Waals surface area contributed by atoms with Crippen molar-refractivity contribution in [1.29, 1.82) is 0 Å². The van der Waals surface area contributed by atoms with Gasteiger partial charge in [0, 0.05) is 0 Å². The summed E-state index contributed by atoms with van der Waals surface area (Å²) < 4.78 is 23.8. The summed E-state index contributed by atoms with van der Waals surface area (Å²) in [6, 6.07) is 12.2. The van der Waals surface area contributed by atoms with E-state index >= 15 is 0 Å². The van der Waals surface area contributed by atoms with Crippen molar-refractivity contribution in [2.45, 2.75) is 6.92 Å². The van der Waals surface area contributed by atoms with Gasteiger partial charge in [-0.05, 0) is 12.1 Å². The molecule has 0 saturated carbocycles. The Labute approximate surface area is 135 Å². The average Bonchev–Trinajstić information content (AvgIpc) is 2.51. The largest absolute Gasteiger partial charge is 0.506 e. The maximum absolute atomic E-state index is 11.2. The Morgan fingerprint density at radius 3 is 2.13 bits per heavy atom. The summed E-state index contributed by atoms with van der Waals surface area (Å²) in [6.45, 7) is 1.35. The van der Waals surface area contributed by atoms with Crippen LogP contribution in [0.1, 0.15) is 6.92 Å². The Balaban J connectivity index is 0.000000277. The number of nitrogen functional groups attached to an aromatic ring is 1. The van der Waals surface area contributed by atoms with E-state index in [-0.39, 0.29) is 16.0 Å². The summed E-state index contributed by atoms with van der Waals surface area (Å²) in [5.74, 6) is -0.0915. The second-order valence-electron chi connectivity index (χ2n) is 4.39. The molecular weight excluding hydrogens is 367 g/mol. The zero-order valence-corrected chi connectivity index (χ0v) is 14.1. The molecule has 9 heteroatoms. The Hall–Kier alpha value is -2.25. The third-order valence-corrected chi connectivity index (χ3v) is 5.02. The number of carbonyl (C=O) groups excluding carboxylic acids is 1. The molecule has 1 unspecified atom stereocenters. The molecule has 0 aliphatic carbocycles. The standard InChI is InChI=1S/C8H10AsNO5.C6H7NO/c1-6(11)10-8-4-2-7(3-5-8)9(12,13)15-14;7-5-3-1-2-4-6(5)8/h2-5,14H,1H3,(H,10,11)(H,12,13);1-4,8H,7H2. The van der Waals surface area contributed by atoms with Crippen LogP contribution in [0.15, 0.2) is 48.5 Å². The van der Waals surface area contributed by atoms with Crippen LogP contribution in [0.3, 0.4) is 0 Å². The fraction of sp³-hybridized carbons (Fsp3) is 0.0714. The molecule has 2 rings (SSSR count). The molecule has 0 heterocycles. The first kappa shape index (κ1) is 18.8. The van der Waals surface area contributed by atoms with Gasteiger partial charge in [-0.3, -0.25) is 0 Å². The van der Waals surface area contributed by atoms with E-state index in [4.69, 9.17) is 20.2 Å². The third-order valence-electron chi connectivity index (χ3n) is 2.56. The number of benzene rings is 2. The molecule has 1 amide bonds. The average molecular weight is 384 g/mol. The van der Waals surface area contributed by atoms with Crippen LogP contribution in [-0.2, 0) is 12.4 Å². The molecule has 0 aliphatic rings. The number of aromatic hydroxyl groups is 1. The Morgan fingerprint density at radius 1 is 1.17 bits per heavy atom. The van der Waals surface area contributed by atoms with Crippen molar-refractivity contribution in [3.8, 4) is 5.75 Å². The Bertz CT molecular complexity index is 684. The number of rotatable bonds is 3. The van der Waals surface area contributed by atoms with Gasteiger partial charge >= 0.3 is 88.4 Å². The molecule has 0 bridgehead atoms. The molecule has 8 nitrogen and oxygen atoms in total. The van der Waals surface area contributed by atoms with Crippen LogP contribution >= 0.6 is 0 Å². The van der Waals surface area contributed by atoms with Crippen LogP contribution in [0.2, 0.25) is 0 Å². The minimum atomic E-state index is -4.76. The van der Waals surface area contributed by atoms with Gasteiger partial charge in [0.1, 0.15) is 5.75 Å². The van der Waals surface area contributed by atoms with Gasteiger partial charge in [-0.1, -0.05) is 12.1 Å². The Kier molecular flexibility index (Phi) is 6.86. The Morgan fingerprint density at radius 2 is 1.74 bits per heavy atom. The number of amides is 1. The molecule has 0 radical (unpaired) electrons. The molecule has 0 aliphatic heterocycles. The van der Waals surface area contributed by atoms with Gasteiger partial charge in [0.2, 0.25) is 0 Å². The summed E-state index contributed by atoms with van der Waals surface area (Å²) in [6.07, 6.45) is 0. The monoisotopic (exact) mass is 384 g/mol. The SMILES string of the molecule is CC(=O)Nc1ccc([As](=O)(O)OO)cc1.Nc1ccccc1O. The van der Waals surface area contributed by atoms with E-state index in [1.54, 1.807) is 24.3 Å². The van der Waals surface area contributed by atoms with E-state index in [1.165, 1.54) is 31.2 Å². The first-order valence-electron chi connectivity index (χ1n) is 6.34. The molecular formula is C14H17AsN2O6. The molecule has 2 aromatic carbocycles. The summed E-state index contributed by atoms with van der Waals surface area (Å²) in [5, 5.41) is 19.5. The predicted octanol–water partition coefficient (Wildman–Crippen LogP) is 0.678. The van der Waals surface area contributed by atoms with Crippen molar-refractivity contribution in [1.82, 2.24) is 0 Å². The quantitative estimate of drug-likeness (QED) is 0.172. The number of hydrogen-bond acceptors (Lipinski definition) is 6. The number of nitrogens with one attached hydrogen (secondary N) is 1. The second kappa shape index (κ2) is 8.40. The van der Waals surface area contributed by atoms with Gasteiger partial charge in [0.25, 0.3) is 0 Å². The maximum atomic E-state index is 11.2. The topological polar surface area (TPSA) is 142 Å². The summed E-state index contributed by atoms with van der Waals surface area (Å²) in [7, 11) is 0. The van der Waals surface area contributed by atoms with Crippen molar-refractivity contribution in [2.75, 3.05) is 11.1 Å². The number of phenolic OH excluding ortho intramolecular Hbond substituents is 1. The molecule has 0 saturated heterocycles. The molecule has 23 heavy (non-hydrogen) atoms. The van der Waals surface area contributed by atoms with Crippen LogP contribution in [0.4, 0.5) is 11.4 Å². The van der Waals surface area contributed by atoms with Crippen LogP contribution in [-0.4, -0.2) is 34.5 Å². The first-order valence-corrected chi connectivity index (χ1v) is 9.65. The van der Waals surface area contributed by atoms with Crippen molar-refractivity contribution in [2.24, 2.45) is 0 Å². The van der Waals surface area contributed by atoms with Gasteiger partial charge in [-0.2, -0.15) is 0 Å². The van der Waals surface area contributed by atoms with Gasteiger partial charge in [-0.25, -0.2) is 0 Å². The zero-order chi connectivity index (χ0) is 17.5. The number of anilines is 2. The van der Waals surface area contributed by atoms with Crippen LogP contribution < -0.4 is 15.4 Å². The molecule has 0 fully saturated rings. The van der Waals surface area contributed by atoms with E-state index < -0.39 is 14.2 Å². The number of carbonyl (C=O) groups is 1. The van der Waals surface area contributed by atoms with Crippen LogP contribution in [0, 0.1) is 0 Å². The molecule has 2 aromatic rings. The summed E-state index contributed by atoms with van der Waals surface area (Å²) >= 11 is -4.76. The minimum absolute atomic E-state index is 0.00438. The molecule has 1 atom stereocenters. The van der Waals surface area contributed by atoms with Crippen LogP contribution in [0.25, 0.3) is 0 Å². The molecule has 0 spiro atoms. The van der Waals surface area contributed by atoms with Gasteiger partial charge < -0.3 is 10.8 Å². The fourth-order valence-electron chi connectivity index (χ4n) is 1.47. The minimum Gasteiger partial charge on any atom is -0.506 e. The first-order chi connectivity index (χ1) is 10.8. The van der Waals surface area contributed by atoms with Crippen LogP contribution in [0.5, 0.6) is 5.75 Å². The van der Waals surface area contributed by atoms with Crippen molar-refractivity contribution >= 4 is 35.8 Å². The summed E-state index contributed by atoms with van der Waals surface area (Å²) in [5.41, 5.74) is 6.19. The van der Waals surface area contributed by atoms with Crippen molar-refractivity contribution in [3.63, 3.8) is 0 Å². The van der Waals surface area contributed by atoms with E-state index in [9.17, 15) is 8.53 Å². The van der Waals surface area contributed by atoms with Gasteiger partial charge in [-0.15, -0.1) is 0 Å². The molecule has 6 N–H and O–H groups in total. The predicted molar refractivity (Wildman–Crippen MR) is 85.3 cm³/mol.